The van der Waals surface area contributed by atoms with Crippen molar-refractivity contribution < 1.29 is 0 Å². The van der Waals surface area contributed by atoms with Crippen molar-refractivity contribution in [2.24, 2.45) is 0 Å². The molecule has 1 unspecified atom stereocenters. The number of fused-ring (bicyclic) bond motifs is 1. The molecule has 3 rings (SSSR count). The van der Waals surface area contributed by atoms with Gasteiger partial charge >= 0.3 is 0 Å². The lowest BCUT2D eigenvalue weighted by Gasteiger charge is -2.33. The van der Waals surface area contributed by atoms with Crippen LogP contribution < -0.4 is 5.32 Å². The zero-order valence-corrected chi connectivity index (χ0v) is 12.1. The lowest BCUT2D eigenvalue weighted by Crippen LogP contribution is -2.49. The quantitative estimate of drug-likeness (QED) is 0.895. The number of aryl methyl sites for hydroxylation is 3. The molecule has 19 heavy (non-hydrogen) atoms. The summed E-state index contributed by atoms with van der Waals surface area (Å²) in [4.78, 5) is 2.51. The van der Waals surface area contributed by atoms with Crippen LogP contribution in [0.3, 0.4) is 0 Å². The number of nitrogens with zero attached hydrogens (tertiary/aromatic N) is 1. The first-order chi connectivity index (χ1) is 9.33. The van der Waals surface area contributed by atoms with Crippen molar-refractivity contribution in [1.29, 1.82) is 0 Å². The van der Waals surface area contributed by atoms with Crippen LogP contribution in [0.1, 0.15) is 36.0 Å². The number of benzene rings is 1. The summed E-state index contributed by atoms with van der Waals surface area (Å²) in [5.41, 5.74) is 4.77. The molecule has 104 valence electrons. The van der Waals surface area contributed by atoms with Crippen LogP contribution in [0.25, 0.3) is 0 Å². The van der Waals surface area contributed by atoms with Crippen molar-refractivity contribution in [2.45, 2.75) is 44.6 Å². The van der Waals surface area contributed by atoms with Crippen LogP contribution in [0.5, 0.6) is 0 Å². The molecule has 2 nitrogen and oxygen atoms in total. The molecule has 1 heterocycles. The van der Waals surface area contributed by atoms with Gasteiger partial charge in [0.15, 0.2) is 0 Å². The van der Waals surface area contributed by atoms with Gasteiger partial charge in [0, 0.05) is 25.7 Å². The number of nitrogens with one attached hydrogen (secondary N) is 1. The average Bonchev–Trinajstić information content (AvgIpc) is 2.46. The summed E-state index contributed by atoms with van der Waals surface area (Å²) in [6.07, 6.45) is 7.86. The second-order valence-corrected chi connectivity index (χ2v) is 6.19. The van der Waals surface area contributed by atoms with Gasteiger partial charge in [-0.15, -0.1) is 0 Å². The first kappa shape index (κ1) is 13.1. The largest absolute Gasteiger partial charge is 0.314 e. The van der Waals surface area contributed by atoms with Crippen LogP contribution in [-0.2, 0) is 19.3 Å². The van der Waals surface area contributed by atoms with Gasteiger partial charge in [0.2, 0.25) is 0 Å². The van der Waals surface area contributed by atoms with Crippen LogP contribution in [0.2, 0.25) is 0 Å². The summed E-state index contributed by atoms with van der Waals surface area (Å²) in [5.74, 6) is 0. The Kier molecular flexibility index (Phi) is 4.19. The van der Waals surface area contributed by atoms with E-state index in [-0.39, 0.29) is 0 Å². The number of hydrogen-bond acceptors (Lipinski definition) is 2. The van der Waals surface area contributed by atoms with Gasteiger partial charge < -0.3 is 10.2 Å². The van der Waals surface area contributed by atoms with Gasteiger partial charge in [-0.1, -0.05) is 18.2 Å². The van der Waals surface area contributed by atoms with Crippen molar-refractivity contribution in [2.75, 3.05) is 26.7 Å². The fourth-order valence-electron chi connectivity index (χ4n) is 3.46. The molecule has 0 aromatic heterocycles. The Morgan fingerprint density at radius 1 is 1.21 bits per heavy atom. The van der Waals surface area contributed by atoms with E-state index in [4.69, 9.17) is 0 Å². The van der Waals surface area contributed by atoms with Gasteiger partial charge in [-0.2, -0.15) is 0 Å². The monoisotopic (exact) mass is 258 g/mol. The van der Waals surface area contributed by atoms with Crippen molar-refractivity contribution in [3.8, 4) is 0 Å². The van der Waals surface area contributed by atoms with Crippen molar-refractivity contribution in [1.82, 2.24) is 10.2 Å². The Hall–Kier alpha value is -0.860. The maximum absolute atomic E-state index is 3.51. The first-order valence-electron chi connectivity index (χ1n) is 7.84. The molecular formula is C17H26N2. The molecule has 2 aliphatic rings. The first-order valence-corrected chi connectivity index (χ1v) is 7.84. The Morgan fingerprint density at radius 3 is 2.89 bits per heavy atom. The molecule has 1 aromatic rings. The molecule has 0 bridgehead atoms. The maximum Gasteiger partial charge on any atom is 0.0221 e. The third-order valence-electron chi connectivity index (χ3n) is 4.82. The smallest absolute Gasteiger partial charge is 0.0221 e. The summed E-state index contributed by atoms with van der Waals surface area (Å²) in [7, 11) is 2.26. The predicted molar refractivity (Wildman–Crippen MR) is 80.7 cm³/mol. The summed E-state index contributed by atoms with van der Waals surface area (Å²) < 4.78 is 0. The molecule has 1 saturated heterocycles. The third-order valence-corrected chi connectivity index (χ3v) is 4.82. The lowest BCUT2D eigenvalue weighted by molar-refractivity contribution is 0.191. The molecule has 1 aliphatic heterocycles. The molecule has 0 saturated carbocycles. The molecule has 1 aromatic carbocycles. The van der Waals surface area contributed by atoms with E-state index < -0.39 is 0 Å². The fourth-order valence-corrected chi connectivity index (χ4v) is 3.46. The molecule has 0 radical (unpaired) electrons. The summed E-state index contributed by atoms with van der Waals surface area (Å²) in [6.45, 7) is 3.49. The molecule has 2 heteroatoms. The van der Waals surface area contributed by atoms with Gasteiger partial charge in [-0.05, 0) is 62.3 Å². The van der Waals surface area contributed by atoms with E-state index in [2.05, 4.69) is 35.5 Å². The fraction of sp³-hybridized carbons (Fsp3) is 0.647. The Morgan fingerprint density at radius 2 is 2.05 bits per heavy atom. The molecular weight excluding hydrogens is 232 g/mol. The summed E-state index contributed by atoms with van der Waals surface area (Å²) >= 11 is 0. The van der Waals surface area contributed by atoms with Crippen LogP contribution >= 0.6 is 0 Å². The van der Waals surface area contributed by atoms with Crippen molar-refractivity contribution >= 4 is 0 Å². The van der Waals surface area contributed by atoms with E-state index in [1.165, 1.54) is 45.1 Å². The van der Waals surface area contributed by atoms with Gasteiger partial charge in [0.1, 0.15) is 0 Å². The molecule has 1 atom stereocenters. The number of rotatable bonds is 3. The molecule has 1 fully saturated rings. The van der Waals surface area contributed by atoms with Gasteiger partial charge in [0.05, 0.1) is 0 Å². The zero-order chi connectivity index (χ0) is 13.1. The van der Waals surface area contributed by atoms with Crippen molar-refractivity contribution in [3.63, 3.8) is 0 Å². The third kappa shape index (κ3) is 3.18. The van der Waals surface area contributed by atoms with Crippen LogP contribution in [0.4, 0.5) is 0 Å². The van der Waals surface area contributed by atoms with Gasteiger partial charge in [-0.3, -0.25) is 0 Å². The predicted octanol–water partition coefficient (Wildman–Crippen LogP) is 2.40. The standard InChI is InChI=1S/C17H26N2/c1-19-11-10-18-13-17(19)9-7-14-6-8-15-4-2-3-5-16(15)12-14/h6,8,12,17-18H,2-5,7,9-11,13H2,1H3. The minimum Gasteiger partial charge on any atom is -0.314 e. The maximum atomic E-state index is 3.51. The van der Waals surface area contributed by atoms with E-state index >= 15 is 0 Å². The minimum atomic E-state index is 0.713. The highest BCUT2D eigenvalue weighted by molar-refractivity contribution is 5.33. The molecule has 1 aliphatic carbocycles. The Labute approximate surface area is 117 Å². The van der Waals surface area contributed by atoms with E-state index in [1.807, 2.05) is 0 Å². The zero-order valence-electron chi connectivity index (χ0n) is 12.1. The molecule has 0 amide bonds. The van der Waals surface area contributed by atoms with E-state index in [0.717, 1.165) is 13.1 Å². The topological polar surface area (TPSA) is 15.3 Å². The minimum absolute atomic E-state index is 0.713. The van der Waals surface area contributed by atoms with Gasteiger partial charge in [0.25, 0.3) is 0 Å². The van der Waals surface area contributed by atoms with E-state index in [0.29, 0.717) is 6.04 Å². The number of hydrogen-bond donors (Lipinski definition) is 1. The second-order valence-electron chi connectivity index (χ2n) is 6.19. The number of likely N-dealkylation sites (N-methyl/N-ethyl adjacent to an activating group) is 1. The Balaban J connectivity index is 1.60. The van der Waals surface area contributed by atoms with Crippen LogP contribution in [0, 0.1) is 0 Å². The highest BCUT2D eigenvalue weighted by atomic mass is 15.2. The highest BCUT2D eigenvalue weighted by Gasteiger charge is 2.18. The summed E-state index contributed by atoms with van der Waals surface area (Å²) in [5, 5.41) is 3.51. The second kappa shape index (κ2) is 6.06. The van der Waals surface area contributed by atoms with E-state index in [9.17, 15) is 0 Å². The Bertz CT molecular complexity index is 427. The average molecular weight is 258 g/mol. The molecule has 0 spiro atoms. The lowest BCUT2D eigenvalue weighted by atomic mass is 9.89. The highest BCUT2D eigenvalue weighted by Crippen LogP contribution is 2.23. The summed E-state index contributed by atoms with van der Waals surface area (Å²) in [6, 6.07) is 7.93. The van der Waals surface area contributed by atoms with Crippen LogP contribution in [0.15, 0.2) is 18.2 Å². The van der Waals surface area contributed by atoms with Crippen LogP contribution in [-0.4, -0.2) is 37.6 Å². The number of piperazine rings is 1. The molecule has 1 N–H and O–H groups in total. The SMILES string of the molecule is CN1CCNCC1CCc1ccc2c(c1)CCCC2. The van der Waals surface area contributed by atoms with E-state index in [1.54, 1.807) is 16.7 Å². The van der Waals surface area contributed by atoms with Gasteiger partial charge in [-0.25, -0.2) is 0 Å². The normalized spacial score (nSPS) is 24.2. The van der Waals surface area contributed by atoms with Crippen molar-refractivity contribution in [3.05, 3.63) is 34.9 Å².